The van der Waals surface area contributed by atoms with E-state index in [1.54, 1.807) is 14.7 Å². The fourth-order valence-corrected chi connectivity index (χ4v) is 10.1. The number of carbonyl (C=O) groups is 6. The van der Waals surface area contributed by atoms with E-state index in [1.807, 2.05) is 0 Å². The first kappa shape index (κ1) is 58.8. The summed E-state index contributed by atoms with van der Waals surface area (Å²) < 4.78 is 107. The van der Waals surface area contributed by atoms with Gasteiger partial charge in [0.1, 0.15) is 16.7 Å². The Morgan fingerprint density at radius 1 is 0.652 bits per heavy atom. The molecule has 69 heavy (non-hydrogen) atoms. The molecule has 27 heteroatoms. The number of amides is 2. The Hall–Kier alpha value is -4.51. The number of sulfonamides is 1. The van der Waals surface area contributed by atoms with Crippen LogP contribution >= 0.6 is 0 Å². The molecule has 1 atom stereocenters. The van der Waals surface area contributed by atoms with E-state index in [4.69, 9.17) is 14.6 Å². The zero-order chi connectivity index (χ0) is 51.1. The van der Waals surface area contributed by atoms with Crippen LogP contribution in [0.25, 0.3) is 0 Å². The third-order valence-electron chi connectivity index (χ3n) is 11.5. The Bertz CT molecular complexity index is 2100. The number of Topliss-reactive ketones (excluding diaryl/α,β-unsaturated/α-hetero) is 1. The van der Waals surface area contributed by atoms with E-state index in [9.17, 15) is 65.3 Å². The van der Waals surface area contributed by atoms with Gasteiger partial charge in [0.15, 0.2) is 32.2 Å². The van der Waals surface area contributed by atoms with E-state index in [2.05, 4.69) is 16.0 Å². The number of carboxylic acids is 3. The smallest absolute Gasteiger partial charge is 0.320 e. The summed E-state index contributed by atoms with van der Waals surface area (Å²) in [5.41, 5.74) is -1.06. The summed E-state index contributed by atoms with van der Waals surface area (Å²) in [5.74, 6) is -12.0. The van der Waals surface area contributed by atoms with Gasteiger partial charge in [0.25, 0.3) is 0 Å². The van der Waals surface area contributed by atoms with Crippen LogP contribution in [-0.2, 0) is 58.1 Å². The largest absolute Gasteiger partial charge is 0.480 e. The molecule has 1 aromatic rings. The van der Waals surface area contributed by atoms with Gasteiger partial charge in [0.2, 0.25) is 21.8 Å². The molecule has 0 bridgehead atoms. The number of nitrogens with one attached hydrogen (secondary N) is 3. The highest BCUT2D eigenvalue weighted by Gasteiger charge is 2.37. The van der Waals surface area contributed by atoms with Gasteiger partial charge in [0, 0.05) is 84.1 Å². The summed E-state index contributed by atoms with van der Waals surface area (Å²) >= 11 is 0. The molecule has 1 aromatic carbocycles. The number of halogens is 3. The van der Waals surface area contributed by atoms with E-state index in [0.29, 0.717) is 45.2 Å². The molecule has 1 saturated heterocycles. The summed E-state index contributed by atoms with van der Waals surface area (Å²) in [6.07, 6.45) is 4.42. The van der Waals surface area contributed by atoms with Crippen LogP contribution in [0.2, 0.25) is 0 Å². The van der Waals surface area contributed by atoms with Gasteiger partial charge in [-0.05, 0) is 25.7 Å². The Morgan fingerprint density at radius 2 is 1.17 bits per heavy atom. The van der Waals surface area contributed by atoms with Crippen LogP contribution in [0.15, 0.2) is 9.79 Å². The lowest BCUT2D eigenvalue weighted by atomic mass is 9.96. The molecule has 1 aliphatic heterocycles. The van der Waals surface area contributed by atoms with Crippen molar-refractivity contribution in [3.8, 4) is 0 Å². The van der Waals surface area contributed by atoms with E-state index < -0.39 is 101 Å². The van der Waals surface area contributed by atoms with Crippen molar-refractivity contribution >= 4 is 61.1 Å². The van der Waals surface area contributed by atoms with Gasteiger partial charge in [-0.15, -0.1) is 0 Å². The highest BCUT2D eigenvalue weighted by atomic mass is 32.2. The van der Waals surface area contributed by atoms with Crippen LogP contribution in [0.1, 0.15) is 83.5 Å². The molecule has 1 heterocycles. The minimum atomic E-state index is -5.16. The summed E-state index contributed by atoms with van der Waals surface area (Å²) in [6.45, 7) is 1.12. The van der Waals surface area contributed by atoms with E-state index >= 15 is 8.78 Å². The maximum Gasteiger partial charge on any atom is 0.320 e. The molecular formula is C42H66F3N7O15S2. The first-order valence-electron chi connectivity index (χ1n) is 22.9. The SMILES string of the molecule is NS(=O)(=O)c1c(F)c(F)c(S(=O)(=O)CCC(=O)NCCOCCOCCC(=O)NCCCC(=O)CCC(C(=O)O)N2CCN(CC(=O)O)CCN(CC(=O)O)CC2)c(NC2CCCCCCC2)c1F. The molecule has 2 amide bonds. The second-order valence-electron chi connectivity index (χ2n) is 16.9. The highest BCUT2D eigenvalue weighted by molar-refractivity contribution is 7.91. The zero-order valence-corrected chi connectivity index (χ0v) is 40.2. The average molecular weight is 1030 g/mol. The number of carbonyl (C=O) groups excluding carboxylic acids is 3. The molecule has 0 aromatic heterocycles. The summed E-state index contributed by atoms with van der Waals surface area (Å²) in [4.78, 5) is 73.9. The minimum absolute atomic E-state index is 0.00555. The number of benzene rings is 1. The van der Waals surface area contributed by atoms with Crippen LogP contribution in [0.3, 0.4) is 0 Å². The van der Waals surface area contributed by atoms with Crippen molar-refractivity contribution in [1.29, 1.82) is 0 Å². The van der Waals surface area contributed by atoms with Crippen LogP contribution in [0, 0.1) is 17.5 Å². The molecule has 0 radical (unpaired) electrons. The molecule has 3 rings (SSSR count). The molecule has 22 nitrogen and oxygen atoms in total. The molecule has 1 unspecified atom stereocenters. The van der Waals surface area contributed by atoms with Gasteiger partial charge in [-0.2, -0.15) is 0 Å². The Labute approximate surface area is 399 Å². The van der Waals surface area contributed by atoms with Crippen molar-refractivity contribution in [3.05, 3.63) is 17.5 Å². The number of anilines is 1. The number of rotatable bonds is 29. The van der Waals surface area contributed by atoms with Crippen molar-refractivity contribution in [3.63, 3.8) is 0 Å². The molecule has 8 N–H and O–H groups in total. The van der Waals surface area contributed by atoms with Crippen LogP contribution in [0.5, 0.6) is 0 Å². The number of primary sulfonamides is 1. The van der Waals surface area contributed by atoms with Crippen LogP contribution < -0.4 is 21.1 Å². The quantitative estimate of drug-likeness (QED) is 0.0430. The van der Waals surface area contributed by atoms with E-state index in [-0.39, 0.29) is 116 Å². The maximum atomic E-state index is 15.6. The number of hydrogen-bond donors (Lipinski definition) is 7. The van der Waals surface area contributed by atoms with E-state index in [0.717, 1.165) is 19.3 Å². The van der Waals surface area contributed by atoms with Crippen LogP contribution in [0.4, 0.5) is 18.9 Å². The molecular weight excluding hydrogens is 964 g/mol. The third-order valence-corrected chi connectivity index (χ3v) is 14.2. The van der Waals surface area contributed by atoms with Crippen molar-refractivity contribution in [2.45, 2.75) is 105 Å². The summed E-state index contributed by atoms with van der Waals surface area (Å²) in [6, 6.07) is -1.64. The van der Waals surface area contributed by atoms with E-state index in [1.165, 1.54) is 0 Å². The monoisotopic (exact) mass is 1030 g/mol. The normalized spacial score (nSPS) is 16.8. The van der Waals surface area contributed by atoms with Crippen molar-refractivity contribution in [2.75, 3.05) is 103 Å². The zero-order valence-electron chi connectivity index (χ0n) is 38.6. The van der Waals surface area contributed by atoms with Crippen molar-refractivity contribution in [2.24, 2.45) is 5.14 Å². The molecule has 1 aliphatic carbocycles. The van der Waals surface area contributed by atoms with Gasteiger partial charge in [-0.25, -0.2) is 35.1 Å². The fourth-order valence-electron chi connectivity index (χ4n) is 7.92. The first-order valence-corrected chi connectivity index (χ1v) is 26.1. The molecule has 1 saturated carbocycles. The summed E-state index contributed by atoms with van der Waals surface area (Å²) in [7, 11) is -10.1. The topological polar surface area (TPSA) is 322 Å². The first-order chi connectivity index (χ1) is 32.6. The number of ketones is 1. The number of carboxylic acid groups (broad SMARTS) is 3. The predicted octanol–water partition coefficient (Wildman–Crippen LogP) is 0.767. The number of sulfone groups is 1. The lowest BCUT2D eigenvalue weighted by Crippen LogP contribution is -2.47. The Morgan fingerprint density at radius 3 is 1.74 bits per heavy atom. The van der Waals surface area contributed by atoms with Crippen molar-refractivity contribution < 1.29 is 83.6 Å². The number of aliphatic carboxylic acids is 3. The Balaban J connectivity index is 1.32. The lowest BCUT2D eigenvalue weighted by molar-refractivity contribution is -0.144. The minimum Gasteiger partial charge on any atom is -0.480 e. The molecule has 2 aliphatic rings. The number of nitrogens with zero attached hydrogens (tertiary/aromatic N) is 3. The third kappa shape index (κ3) is 21.2. The van der Waals surface area contributed by atoms with Gasteiger partial charge >= 0.3 is 17.9 Å². The predicted molar refractivity (Wildman–Crippen MR) is 241 cm³/mol. The number of ether oxygens (including phenoxy) is 2. The lowest BCUT2D eigenvalue weighted by Gasteiger charge is -2.30. The molecule has 0 spiro atoms. The average Bonchev–Trinajstić information content (AvgIpc) is 3.33. The second kappa shape index (κ2) is 29.6. The highest BCUT2D eigenvalue weighted by Crippen LogP contribution is 2.37. The standard InChI is InChI=1S/C42H66F3N7O15S2/c43-36-37(44)41(39(38(45)40(36)69(46,64)65)49-29-7-4-2-1-3-5-8-29)68(62,63)26-13-33(55)48-15-23-67-25-24-66-22-12-32(54)47-14-6-9-30(53)10-11-31(42(60)61)52-20-18-50(27-34(56)57)16-17-51(19-21-52)28-35(58)59/h29,31,49H,1-28H2,(H,47,54)(H,48,55)(H,56,57)(H,58,59)(H,60,61)(H2,46,64,65). The van der Waals surface area contributed by atoms with Gasteiger partial charge in [0.05, 0.1) is 51.0 Å². The van der Waals surface area contributed by atoms with Gasteiger partial charge < -0.3 is 40.7 Å². The maximum absolute atomic E-state index is 15.6. The fraction of sp³-hybridized carbons (Fsp3) is 0.714. The molecule has 2 fully saturated rings. The van der Waals surface area contributed by atoms with Gasteiger partial charge in [-0.1, -0.05) is 32.1 Å². The Kier molecular flexibility index (Phi) is 25.2. The second-order valence-corrected chi connectivity index (χ2v) is 20.4. The number of nitrogens with two attached hydrogens (primary N) is 1. The van der Waals surface area contributed by atoms with Crippen LogP contribution in [-0.4, -0.2) is 192 Å². The number of hydrogen-bond acceptors (Lipinski definition) is 16. The van der Waals surface area contributed by atoms with Crippen molar-refractivity contribution in [1.82, 2.24) is 25.3 Å². The summed E-state index contributed by atoms with van der Waals surface area (Å²) in [5, 5.41) is 41.2. The van der Waals surface area contributed by atoms with Gasteiger partial charge in [-0.3, -0.25) is 43.5 Å². The molecule has 392 valence electrons.